The van der Waals surface area contributed by atoms with Gasteiger partial charge in [-0.15, -0.1) is 0 Å². The van der Waals surface area contributed by atoms with Crippen LogP contribution < -0.4 is 26.6 Å². The van der Waals surface area contributed by atoms with Crippen molar-refractivity contribution in [2.75, 3.05) is 13.1 Å². The second-order valence-electron chi connectivity index (χ2n) is 13.3. The normalized spacial score (nSPS) is 23.0. The minimum Gasteiger partial charge on any atom is -0.446 e. The molecule has 5 atom stereocenters. The van der Waals surface area contributed by atoms with Gasteiger partial charge in [0.15, 0.2) is 11.4 Å². The van der Waals surface area contributed by atoms with Gasteiger partial charge in [-0.1, -0.05) is 63.9 Å². The number of unbranched alkanes of at least 4 members (excludes halogenated alkanes) is 2. The van der Waals surface area contributed by atoms with Crippen molar-refractivity contribution in [3.05, 3.63) is 71.6 Å². The second-order valence-corrected chi connectivity index (χ2v) is 13.3. The Morgan fingerprint density at radius 3 is 2.40 bits per heavy atom. The minimum absolute atomic E-state index is 0.0390. The fourth-order valence-electron chi connectivity index (χ4n) is 6.14. The molecular weight excluding hydrogens is 644 g/mol. The lowest BCUT2D eigenvalue weighted by molar-refractivity contribution is -0.126. The van der Waals surface area contributed by atoms with E-state index in [1.165, 1.54) is 17.4 Å². The van der Waals surface area contributed by atoms with Crippen LogP contribution in [0.4, 0.5) is 4.79 Å². The first-order valence-corrected chi connectivity index (χ1v) is 17.2. The standard InChI is InChI=1S/C35H46N8O7/c1-5-6-10-13-36-35(48)38-23-16-28-31(46)40-25(15-22-11-8-7-9-12-22)33-41-26(18-50-33)30(45)39-24(14-20(2)3)29(44)37-21(4)32-42-27(19-49-32)34(47)43(28)17-23/h7-9,11-12,18-21,23-25,28H,5-6,10,13-17H2,1-4H3,(H,37,44)(H,39,45)(H,40,46)(H2,36,38,48)/t21-,23+,24-,25+,28+/m1/s1. The van der Waals surface area contributed by atoms with Gasteiger partial charge in [0.05, 0.1) is 6.04 Å². The van der Waals surface area contributed by atoms with Crippen molar-refractivity contribution in [3.63, 3.8) is 0 Å². The molecule has 15 nitrogen and oxygen atoms in total. The van der Waals surface area contributed by atoms with Gasteiger partial charge in [0.25, 0.3) is 11.8 Å². The Morgan fingerprint density at radius 1 is 0.940 bits per heavy atom. The molecule has 0 spiro atoms. The molecule has 5 N–H and O–H groups in total. The van der Waals surface area contributed by atoms with E-state index in [0.29, 0.717) is 13.0 Å². The Labute approximate surface area is 290 Å². The number of fused-ring (bicyclic) bond motifs is 5. The number of nitrogens with one attached hydrogen (secondary N) is 5. The number of urea groups is 1. The van der Waals surface area contributed by atoms with Crippen LogP contribution in [0.3, 0.4) is 0 Å². The van der Waals surface area contributed by atoms with Gasteiger partial charge in [0.1, 0.15) is 36.7 Å². The van der Waals surface area contributed by atoms with E-state index in [2.05, 4.69) is 43.5 Å². The number of carbonyl (C=O) groups is 5. The minimum atomic E-state index is -1.00. The largest absolute Gasteiger partial charge is 0.446 e. The zero-order chi connectivity index (χ0) is 35.8. The van der Waals surface area contributed by atoms with Gasteiger partial charge in [0, 0.05) is 19.5 Å². The number of benzene rings is 1. The van der Waals surface area contributed by atoms with Crippen LogP contribution in [0.5, 0.6) is 0 Å². The van der Waals surface area contributed by atoms with Crippen LogP contribution in [-0.2, 0) is 16.0 Å². The van der Waals surface area contributed by atoms with Gasteiger partial charge in [-0.3, -0.25) is 19.2 Å². The van der Waals surface area contributed by atoms with E-state index in [4.69, 9.17) is 8.83 Å². The summed E-state index contributed by atoms with van der Waals surface area (Å²) in [6.07, 6.45) is 5.93. The highest BCUT2D eigenvalue weighted by atomic mass is 16.3. The number of carbonyl (C=O) groups excluding carboxylic acids is 5. The molecule has 0 radical (unpaired) electrons. The summed E-state index contributed by atoms with van der Waals surface area (Å²) < 4.78 is 11.4. The van der Waals surface area contributed by atoms with Crippen molar-refractivity contribution in [2.24, 2.45) is 5.92 Å². The third-order valence-corrected chi connectivity index (χ3v) is 8.72. The molecule has 0 saturated carbocycles. The Morgan fingerprint density at radius 2 is 1.66 bits per heavy atom. The van der Waals surface area contributed by atoms with Crippen molar-refractivity contribution < 1.29 is 32.8 Å². The molecule has 268 valence electrons. The Balaban J connectivity index is 1.48. The molecule has 6 amide bonds. The third-order valence-electron chi connectivity index (χ3n) is 8.72. The van der Waals surface area contributed by atoms with E-state index in [1.54, 1.807) is 6.92 Å². The van der Waals surface area contributed by atoms with E-state index in [-0.39, 0.29) is 54.5 Å². The topological polar surface area (TPSA) is 201 Å². The molecule has 15 heteroatoms. The molecule has 1 saturated heterocycles. The van der Waals surface area contributed by atoms with Crippen LogP contribution in [0.25, 0.3) is 0 Å². The molecule has 0 unspecified atom stereocenters. The molecule has 50 heavy (non-hydrogen) atoms. The summed E-state index contributed by atoms with van der Waals surface area (Å²) >= 11 is 0. The van der Waals surface area contributed by atoms with E-state index < -0.39 is 53.8 Å². The Bertz CT molecular complexity index is 1650. The summed E-state index contributed by atoms with van der Waals surface area (Å²) in [6, 6.07) is 4.93. The lowest BCUT2D eigenvalue weighted by Crippen LogP contribution is -2.48. The zero-order valence-electron chi connectivity index (χ0n) is 28.9. The SMILES string of the molecule is CCCCCNC(=O)N[C@H]1C[C@H]2C(=O)N[C@@H](Cc3ccccc3)c3nc(co3)C(=O)N[C@H](CC(C)C)C(=O)N[C@H](C)c3nc(co3)C(=O)N2C1. The molecule has 5 rings (SSSR count). The molecule has 2 aliphatic rings. The maximum Gasteiger partial charge on any atom is 0.315 e. The lowest BCUT2D eigenvalue weighted by atomic mass is 10.0. The fraction of sp³-hybridized carbons (Fsp3) is 0.514. The average Bonchev–Trinajstić information content (AvgIpc) is 3.86. The van der Waals surface area contributed by atoms with Gasteiger partial charge in [-0.25, -0.2) is 14.8 Å². The van der Waals surface area contributed by atoms with Crippen LogP contribution in [0.15, 0.2) is 51.7 Å². The molecule has 2 aliphatic heterocycles. The maximum atomic E-state index is 14.1. The van der Waals surface area contributed by atoms with Crippen molar-refractivity contribution in [1.82, 2.24) is 41.5 Å². The highest BCUT2D eigenvalue weighted by molar-refractivity contribution is 5.97. The van der Waals surface area contributed by atoms with Gasteiger partial charge in [0.2, 0.25) is 23.6 Å². The summed E-state index contributed by atoms with van der Waals surface area (Å²) in [5.74, 6) is -1.96. The average molecular weight is 691 g/mol. The van der Waals surface area contributed by atoms with Crippen LogP contribution >= 0.6 is 0 Å². The van der Waals surface area contributed by atoms with Crippen LogP contribution in [0, 0.1) is 5.92 Å². The molecular formula is C35H46N8O7. The monoisotopic (exact) mass is 690 g/mol. The molecule has 4 bridgehead atoms. The lowest BCUT2D eigenvalue weighted by Gasteiger charge is -2.25. The van der Waals surface area contributed by atoms with Crippen molar-refractivity contribution >= 4 is 29.7 Å². The number of oxazole rings is 2. The van der Waals surface area contributed by atoms with Gasteiger partial charge >= 0.3 is 6.03 Å². The second kappa shape index (κ2) is 16.5. The smallest absolute Gasteiger partial charge is 0.315 e. The molecule has 4 heterocycles. The van der Waals surface area contributed by atoms with E-state index >= 15 is 0 Å². The fourth-order valence-corrected chi connectivity index (χ4v) is 6.14. The van der Waals surface area contributed by atoms with Gasteiger partial charge in [-0.05, 0) is 37.7 Å². The molecule has 2 aromatic heterocycles. The van der Waals surface area contributed by atoms with Crippen molar-refractivity contribution in [3.8, 4) is 0 Å². The van der Waals surface area contributed by atoms with Crippen LogP contribution in [0.1, 0.15) is 110 Å². The number of aromatic nitrogens is 2. The third kappa shape index (κ3) is 9.07. The van der Waals surface area contributed by atoms with E-state index in [0.717, 1.165) is 24.8 Å². The number of hydrogen-bond acceptors (Lipinski definition) is 9. The molecule has 3 aromatic rings. The highest BCUT2D eigenvalue weighted by Gasteiger charge is 2.42. The first kappa shape index (κ1) is 36.1. The predicted molar refractivity (Wildman–Crippen MR) is 181 cm³/mol. The first-order valence-electron chi connectivity index (χ1n) is 17.2. The maximum absolute atomic E-state index is 14.1. The summed E-state index contributed by atoms with van der Waals surface area (Å²) in [5, 5.41) is 14.3. The number of rotatable bonds is 9. The quantitative estimate of drug-likeness (QED) is 0.209. The Hall–Kier alpha value is -5.21. The molecule has 1 fully saturated rings. The summed E-state index contributed by atoms with van der Waals surface area (Å²) in [7, 11) is 0. The van der Waals surface area contributed by atoms with Crippen LogP contribution in [0.2, 0.25) is 0 Å². The number of amides is 6. The van der Waals surface area contributed by atoms with E-state index in [9.17, 15) is 24.0 Å². The van der Waals surface area contributed by atoms with Crippen LogP contribution in [-0.4, -0.2) is 75.7 Å². The molecule has 0 aliphatic carbocycles. The van der Waals surface area contributed by atoms with Gasteiger partial charge < -0.3 is 40.3 Å². The highest BCUT2D eigenvalue weighted by Crippen LogP contribution is 2.25. The predicted octanol–water partition coefficient (Wildman–Crippen LogP) is 3.17. The van der Waals surface area contributed by atoms with Gasteiger partial charge in [-0.2, -0.15) is 0 Å². The van der Waals surface area contributed by atoms with E-state index in [1.807, 2.05) is 44.2 Å². The Kier molecular flexibility index (Phi) is 11.9. The van der Waals surface area contributed by atoms with Crippen molar-refractivity contribution in [1.29, 1.82) is 0 Å². The summed E-state index contributed by atoms with van der Waals surface area (Å²) in [6.45, 7) is 8.12. The summed E-state index contributed by atoms with van der Waals surface area (Å²) in [4.78, 5) is 77.7. The zero-order valence-corrected chi connectivity index (χ0v) is 28.9. The first-order chi connectivity index (χ1) is 24.0. The number of hydrogen-bond donors (Lipinski definition) is 5. The number of nitrogens with zero attached hydrogens (tertiary/aromatic N) is 3. The molecule has 1 aromatic carbocycles. The summed E-state index contributed by atoms with van der Waals surface area (Å²) in [5.41, 5.74) is 0.739. The van der Waals surface area contributed by atoms with Crippen molar-refractivity contribution in [2.45, 2.75) is 96.4 Å².